The van der Waals surface area contributed by atoms with Gasteiger partial charge in [0.1, 0.15) is 5.54 Å². The first-order valence-corrected chi connectivity index (χ1v) is 6.78. The molecule has 1 atom stereocenters. The third-order valence-corrected chi connectivity index (χ3v) is 4.29. The molecule has 1 aliphatic heterocycles. The zero-order valence-electron chi connectivity index (χ0n) is 11.1. The van der Waals surface area contributed by atoms with Crippen LogP contribution in [0.25, 0.3) is 0 Å². The summed E-state index contributed by atoms with van der Waals surface area (Å²) in [7, 11) is 0. The number of hydrogen-bond donors (Lipinski definition) is 2. The summed E-state index contributed by atoms with van der Waals surface area (Å²) < 4.78 is 0. The van der Waals surface area contributed by atoms with Crippen molar-refractivity contribution in [3.63, 3.8) is 0 Å². The minimum Gasteiger partial charge on any atom is -0.480 e. The lowest BCUT2D eigenvalue weighted by atomic mass is 9.77. The quantitative estimate of drug-likeness (QED) is 0.807. The zero-order chi connectivity index (χ0) is 13.3. The number of carbonyl (C=O) groups is 2. The number of carboxylic acids is 1. The Bertz CT molecular complexity index is 350. The molecule has 2 amide bonds. The Morgan fingerprint density at radius 1 is 1.33 bits per heavy atom. The standard InChI is InChI=1S/C13H22N2O3/c1-9(2)10-5-3-8-15(10)12(18)14-13(11(16)17)6-4-7-13/h9-10H,3-8H2,1-2H3,(H,14,18)(H,16,17). The SMILES string of the molecule is CC(C)C1CCCN1C(=O)NC1(C(=O)O)CCC1. The normalized spacial score (nSPS) is 25.9. The van der Waals surface area contributed by atoms with Crippen molar-refractivity contribution < 1.29 is 14.7 Å². The first-order chi connectivity index (χ1) is 8.46. The Morgan fingerprint density at radius 3 is 2.44 bits per heavy atom. The van der Waals surface area contributed by atoms with Crippen molar-refractivity contribution in [3.05, 3.63) is 0 Å². The Hall–Kier alpha value is -1.26. The summed E-state index contributed by atoms with van der Waals surface area (Å²) in [6.45, 7) is 4.95. The molecule has 1 unspecified atom stereocenters. The molecule has 2 rings (SSSR count). The smallest absolute Gasteiger partial charge is 0.329 e. The summed E-state index contributed by atoms with van der Waals surface area (Å²) in [6.07, 6.45) is 4.00. The van der Waals surface area contributed by atoms with Gasteiger partial charge >= 0.3 is 12.0 Å². The maximum Gasteiger partial charge on any atom is 0.329 e. The minimum atomic E-state index is -0.999. The molecular weight excluding hydrogens is 232 g/mol. The Morgan fingerprint density at radius 2 is 2.00 bits per heavy atom. The number of hydrogen-bond acceptors (Lipinski definition) is 2. The maximum atomic E-state index is 12.2. The van der Waals surface area contributed by atoms with Crippen LogP contribution in [0.4, 0.5) is 4.79 Å². The van der Waals surface area contributed by atoms with E-state index in [9.17, 15) is 14.7 Å². The van der Waals surface area contributed by atoms with Crippen molar-refractivity contribution in [2.75, 3.05) is 6.54 Å². The van der Waals surface area contributed by atoms with Crippen LogP contribution in [-0.2, 0) is 4.79 Å². The maximum absolute atomic E-state index is 12.2. The van der Waals surface area contributed by atoms with Crippen molar-refractivity contribution in [2.45, 2.75) is 57.5 Å². The fourth-order valence-corrected chi connectivity index (χ4v) is 2.94. The van der Waals surface area contributed by atoms with Gasteiger partial charge in [0.05, 0.1) is 0 Å². The van der Waals surface area contributed by atoms with Gasteiger partial charge in [0, 0.05) is 12.6 Å². The highest BCUT2D eigenvalue weighted by atomic mass is 16.4. The monoisotopic (exact) mass is 254 g/mol. The second-order valence-corrected chi connectivity index (χ2v) is 5.82. The lowest BCUT2D eigenvalue weighted by molar-refractivity contribution is -0.148. The Balaban J connectivity index is 2.01. The summed E-state index contributed by atoms with van der Waals surface area (Å²) >= 11 is 0. The zero-order valence-corrected chi connectivity index (χ0v) is 11.1. The van der Waals surface area contributed by atoms with E-state index in [4.69, 9.17) is 0 Å². The third-order valence-electron chi connectivity index (χ3n) is 4.29. The summed E-state index contributed by atoms with van der Waals surface area (Å²) in [5.41, 5.74) is -0.999. The Labute approximate surface area is 108 Å². The fourth-order valence-electron chi connectivity index (χ4n) is 2.94. The minimum absolute atomic E-state index is 0.201. The number of carboxylic acid groups (broad SMARTS) is 1. The van der Waals surface area contributed by atoms with E-state index < -0.39 is 11.5 Å². The largest absolute Gasteiger partial charge is 0.480 e. The number of rotatable bonds is 3. The second-order valence-electron chi connectivity index (χ2n) is 5.82. The number of urea groups is 1. The molecule has 2 aliphatic rings. The fraction of sp³-hybridized carbons (Fsp3) is 0.846. The summed E-state index contributed by atoms with van der Waals surface area (Å²) in [5.74, 6) is -0.484. The highest BCUT2D eigenvalue weighted by Gasteiger charge is 2.47. The molecule has 5 heteroatoms. The van der Waals surface area contributed by atoms with Gasteiger partial charge in [-0.05, 0) is 38.0 Å². The van der Waals surface area contributed by atoms with Gasteiger partial charge in [0.2, 0.25) is 0 Å². The molecule has 102 valence electrons. The van der Waals surface area contributed by atoms with Gasteiger partial charge in [-0.3, -0.25) is 0 Å². The number of nitrogens with one attached hydrogen (secondary N) is 1. The van der Waals surface area contributed by atoms with Crippen LogP contribution in [0, 0.1) is 5.92 Å². The van der Waals surface area contributed by atoms with E-state index >= 15 is 0 Å². The van der Waals surface area contributed by atoms with Gasteiger partial charge in [0.25, 0.3) is 0 Å². The van der Waals surface area contributed by atoms with Crippen LogP contribution < -0.4 is 5.32 Å². The predicted octanol–water partition coefficient (Wildman–Crippen LogP) is 1.82. The van der Waals surface area contributed by atoms with Crippen LogP contribution in [0.3, 0.4) is 0 Å². The molecule has 2 fully saturated rings. The molecule has 5 nitrogen and oxygen atoms in total. The van der Waals surface area contributed by atoms with Crippen LogP contribution in [0.5, 0.6) is 0 Å². The van der Waals surface area contributed by atoms with E-state index in [1.54, 1.807) is 0 Å². The van der Waals surface area contributed by atoms with Crippen molar-refractivity contribution >= 4 is 12.0 Å². The average Bonchev–Trinajstić information content (AvgIpc) is 2.71. The molecule has 0 aromatic rings. The molecular formula is C13H22N2O3. The predicted molar refractivity (Wildman–Crippen MR) is 67.3 cm³/mol. The number of aliphatic carboxylic acids is 1. The van der Waals surface area contributed by atoms with Gasteiger partial charge in [-0.1, -0.05) is 13.8 Å². The molecule has 0 bridgehead atoms. The molecule has 0 spiro atoms. The molecule has 1 heterocycles. The lowest BCUT2D eigenvalue weighted by Gasteiger charge is -2.40. The van der Waals surface area contributed by atoms with Crippen LogP contribution >= 0.6 is 0 Å². The van der Waals surface area contributed by atoms with Crippen molar-refractivity contribution in [1.29, 1.82) is 0 Å². The molecule has 0 radical (unpaired) electrons. The van der Waals surface area contributed by atoms with Gasteiger partial charge in [-0.2, -0.15) is 0 Å². The van der Waals surface area contributed by atoms with Crippen LogP contribution in [-0.4, -0.2) is 40.1 Å². The number of likely N-dealkylation sites (tertiary alicyclic amines) is 1. The van der Waals surface area contributed by atoms with Gasteiger partial charge in [-0.25, -0.2) is 9.59 Å². The number of amides is 2. The Kier molecular flexibility index (Phi) is 3.50. The molecule has 1 saturated carbocycles. The van der Waals surface area contributed by atoms with Crippen molar-refractivity contribution in [3.8, 4) is 0 Å². The van der Waals surface area contributed by atoms with Gasteiger partial charge in [0.15, 0.2) is 0 Å². The van der Waals surface area contributed by atoms with E-state index in [2.05, 4.69) is 19.2 Å². The number of carbonyl (C=O) groups excluding carboxylic acids is 1. The highest BCUT2D eigenvalue weighted by Crippen LogP contribution is 2.33. The van der Waals surface area contributed by atoms with E-state index in [0.29, 0.717) is 18.8 Å². The highest BCUT2D eigenvalue weighted by molar-refractivity contribution is 5.87. The first kappa shape index (κ1) is 13.2. The van der Waals surface area contributed by atoms with E-state index in [1.807, 2.05) is 4.90 Å². The first-order valence-electron chi connectivity index (χ1n) is 6.78. The second kappa shape index (κ2) is 4.78. The number of nitrogens with zero attached hydrogens (tertiary/aromatic N) is 1. The summed E-state index contributed by atoms with van der Waals surface area (Å²) in [4.78, 5) is 25.3. The van der Waals surface area contributed by atoms with Crippen LogP contribution in [0.1, 0.15) is 46.0 Å². The lowest BCUT2D eigenvalue weighted by Crippen LogP contribution is -2.62. The van der Waals surface area contributed by atoms with Gasteiger partial charge < -0.3 is 15.3 Å². The molecule has 1 aliphatic carbocycles. The molecule has 18 heavy (non-hydrogen) atoms. The van der Waals surface area contributed by atoms with E-state index in [-0.39, 0.29) is 12.1 Å². The van der Waals surface area contributed by atoms with Crippen molar-refractivity contribution in [2.24, 2.45) is 5.92 Å². The average molecular weight is 254 g/mol. The van der Waals surface area contributed by atoms with Gasteiger partial charge in [-0.15, -0.1) is 0 Å². The molecule has 0 aromatic heterocycles. The molecule has 2 N–H and O–H groups in total. The molecule has 0 aromatic carbocycles. The molecule has 1 saturated heterocycles. The van der Waals surface area contributed by atoms with E-state index in [1.165, 1.54) is 0 Å². The van der Waals surface area contributed by atoms with Crippen LogP contribution in [0.15, 0.2) is 0 Å². The summed E-state index contributed by atoms with van der Waals surface area (Å²) in [5, 5.41) is 12.0. The summed E-state index contributed by atoms with van der Waals surface area (Å²) in [6, 6.07) is 0.0456. The van der Waals surface area contributed by atoms with Crippen LogP contribution in [0.2, 0.25) is 0 Å². The topological polar surface area (TPSA) is 69.6 Å². The van der Waals surface area contributed by atoms with Crippen molar-refractivity contribution in [1.82, 2.24) is 10.2 Å². The van der Waals surface area contributed by atoms with E-state index in [0.717, 1.165) is 25.8 Å². The third kappa shape index (κ3) is 2.18.